The molecular formula is C23H50NO4S+. The highest BCUT2D eigenvalue weighted by Crippen LogP contribution is 2.14. The van der Waals surface area contributed by atoms with Crippen LogP contribution in [0.1, 0.15) is 116 Å². The third-order valence-corrected chi connectivity index (χ3v) is 6.22. The fraction of sp³-hybridized carbons (Fsp3) is 1.00. The predicted molar refractivity (Wildman–Crippen MR) is 124 cm³/mol. The Morgan fingerprint density at radius 1 is 0.621 bits per heavy atom. The molecule has 29 heavy (non-hydrogen) atoms. The molecule has 0 spiro atoms. The maximum Gasteiger partial charge on any atom is 0.397 e. The summed E-state index contributed by atoms with van der Waals surface area (Å²) in [5.74, 6) is 0. The Kier molecular flexibility index (Phi) is 18.5. The average Bonchev–Trinajstić information content (AvgIpc) is 2.64. The van der Waals surface area contributed by atoms with E-state index in [1.54, 1.807) is 0 Å². The Hall–Kier alpha value is -0.170. The van der Waals surface area contributed by atoms with Gasteiger partial charge in [0.15, 0.2) is 0 Å². The van der Waals surface area contributed by atoms with Crippen LogP contribution >= 0.6 is 0 Å². The zero-order valence-corrected chi connectivity index (χ0v) is 20.5. The largest absolute Gasteiger partial charge is 0.397 e. The van der Waals surface area contributed by atoms with Gasteiger partial charge in [-0.15, -0.1) is 0 Å². The molecular weight excluding hydrogens is 386 g/mol. The van der Waals surface area contributed by atoms with Crippen molar-refractivity contribution in [2.24, 2.45) is 0 Å². The molecule has 0 aromatic carbocycles. The van der Waals surface area contributed by atoms with E-state index in [0.29, 0.717) is 6.42 Å². The van der Waals surface area contributed by atoms with E-state index >= 15 is 0 Å². The first kappa shape index (κ1) is 28.8. The molecule has 0 aromatic rings. The van der Waals surface area contributed by atoms with E-state index in [1.807, 2.05) is 0 Å². The monoisotopic (exact) mass is 436 g/mol. The predicted octanol–water partition coefficient (Wildman–Crippen LogP) is 6.53. The van der Waals surface area contributed by atoms with Gasteiger partial charge >= 0.3 is 10.4 Å². The van der Waals surface area contributed by atoms with Crippen LogP contribution in [-0.4, -0.2) is 51.2 Å². The molecule has 0 aliphatic rings. The highest BCUT2D eigenvalue weighted by molar-refractivity contribution is 7.80. The van der Waals surface area contributed by atoms with Gasteiger partial charge in [0.1, 0.15) is 0 Å². The number of quaternary nitrogens is 1. The van der Waals surface area contributed by atoms with E-state index in [-0.39, 0.29) is 6.61 Å². The highest BCUT2D eigenvalue weighted by atomic mass is 32.3. The van der Waals surface area contributed by atoms with Crippen LogP contribution in [0.3, 0.4) is 0 Å². The van der Waals surface area contributed by atoms with Crippen LogP contribution < -0.4 is 0 Å². The third-order valence-electron chi connectivity index (χ3n) is 5.76. The SMILES string of the molecule is CCCCCCCCCCCCCCCCCC[N+](C)(C)CCCOS(=O)(=O)O. The van der Waals surface area contributed by atoms with E-state index in [9.17, 15) is 8.42 Å². The lowest BCUT2D eigenvalue weighted by molar-refractivity contribution is -0.890. The molecule has 0 aliphatic carbocycles. The van der Waals surface area contributed by atoms with E-state index in [1.165, 1.54) is 103 Å². The lowest BCUT2D eigenvalue weighted by atomic mass is 10.0. The molecule has 0 bridgehead atoms. The minimum atomic E-state index is -4.29. The molecule has 6 heteroatoms. The first-order valence-electron chi connectivity index (χ1n) is 12.2. The van der Waals surface area contributed by atoms with Gasteiger partial charge in [0.05, 0.1) is 33.8 Å². The van der Waals surface area contributed by atoms with Gasteiger partial charge < -0.3 is 4.48 Å². The summed E-state index contributed by atoms with van der Waals surface area (Å²) in [6, 6.07) is 0. The van der Waals surface area contributed by atoms with Crippen molar-refractivity contribution >= 4 is 10.4 Å². The second-order valence-electron chi connectivity index (χ2n) is 9.29. The van der Waals surface area contributed by atoms with Gasteiger partial charge in [-0.2, -0.15) is 8.42 Å². The summed E-state index contributed by atoms with van der Waals surface area (Å²) in [7, 11) is 0.0373. The fourth-order valence-corrected chi connectivity index (χ4v) is 4.19. The average molecular weight is 437 g/mol. The third kappa shape index (κ3) is 24.0. The Labute approximate surface area is 182 Å². The quantitative estimate of drug-likeness (QED) is 0.119. The molecule has 0 aromatic heterocycles. The summed E-state index contributed by atoms with van der Waals surface area (Å²) in [5.41, 5.74) is 0. The summed E-state index contributed by atoms with van der Waals surface area (Å²) in [5, 5.41) is 0. The van der Waals surface area contributed by atoms with Gasteiger partial charge in [-0.1, -0.05) is 96.8 Å². The van der Waals surface area contributed by atoms with Crippen molar-refractivity contribution in [2.75, 3.05) is 33.8 Å². The van der Waals surface area contributed by atoms with Crippen molar-refractivity contribution in [1.82, 2.24) is 0 Å². The Morgan fingerprint density at radius 2 is 0.966 bits per heavy atom. The molecule has 0 amide bonds. The minimum absolute atomic E-state index is 0.0550. The molecule has 5 nitrogen and oxygen atoms in total. The van der Waals surface area contributed by atoms with Crippen molar-refractivity contribution in [2.45, 2.75) is 116 Å². The molecule has 0 unspecified atom stereocenters. The van der Waals surface area contributed by atoms with Gasteiger partial charge in [0.2, 0.25) is 0 Å². The second kappa shape index (κ2) is 18.6. The zero-order valence-electron chi connectivity index (χ0n) is 19.7. The molecule has 176 valence electrons. The molecule has 1 N–H and O–H groups in total. The van der Waals surface area contributed by atoms with Crippen LogP contribution in [-0.2, 0) is 14.6 Å². The normalized spacial score (nSPS) is 12.6. The summed E-state index contributed by atoms with van der Waals surface area (Å²) in [4.78, 5) is 0. The van der Waals surface area contributed by atoms with Crippen molar-refractivity contribution < 1.29 is 21.6 Å². The zero-order chi connectivity index (χ0) is 21.8. The van der Waals surface area contributed by atoms with Gasteiger partial charge in [-0.25, -0.2) is 4.18 Å². The molecule has 0 saturated heterocycles. The second-order valence-corrected chi connectivity index (χ2v) is 10.4. The number of hydrogen-bond donors (Lipinski definition) is 1. The first-order valence-corrected chi connectivity index (χ1v) is 13.6. The lowest BCUT2D eigenvalue weighted by Gasteiger charge is -2.29. The van der Waals surface area contributed by atoms with Gasteiger partial charge in [-0.05, 0) is 12.8 Å². The Bertz CT molecular complexity index is 452. The first-order chi connectivity index (χ1) is 13.8. The van der Waals surface area contributed by atoms with Gasteiger partial charge in [0, 0.05) is 6.42 Å². The van der Waals surface area contributed by atoms with Crippen molar-refractivity contribution in [3.63, 3.8) is 0 Å². The van der Waals surface area contributed by atoms with E-state index in [0.717, 1.165) is 17.6 Å². The lowest BCUT2D eigenvalue weighted by Crippen LogP contribution is -2.41. The van der Waals surface area contributed by atoms with Gasteiger partial charge in [0.25, 0.3) is 0 Å². The molecule has 0 atom stereocenters. The van der Waals surface area contributed by atoms with Crippen LogP contribution in [0.25, 0.3) is 0 Å². The number of hydrogen-bond acceptors (Lipinski definition) is 3. The fourth-order valence-electron chi connectivity index (χ4n) is 3.86. The Morgan fingerprint density at radius 3 is 1.34 bits per heavy atom. The van der Waals surface area contributed by atoms with Crippen LogP contribution in [0, 0.1) is 0 Å². The summed E-state index contributed by atoms with van der Waals surface area (Å²) in [6.07, 6.45) is 22.7. The van der Waals surface area contributed by atoms with Gasteiger partial charge in [-0.3, -0.25) is 4.55 Å². The van der Waals surface area contributed by atoms with E-state index in [4.69, 9.17) is 4.55 Å². The van der Waals surface area contributed by atoms with Crippen LogP contribution in [0.5, 0.6) is 0 Å². The highest BCUT2D eigenvalue weighted by Gasteiger charge is 2.14. The number of nitrogens with zero attached hydrogens (tertiary/aromatic N) is 1. The van der Waals surface area contributed by atoms with E-state index in [2.05, 4.69) is 25.2 Å². The van der Waals surface area contributed by atoms with Crippen molar-refractivity contribution in [3.05, 3.63) is 0 Å². The maximum atomic E-state index is 10.5. The topological polar surface area (TPSA) is 63.6 Å². The molecule has 0 rings (SSSR count). The summed E-state index contributed by atoms with van der Waals surface area (Å²) < 4.78 is 34.8. The summed E-state index contributed by atoms with van der Waals surface area (Å²) in [6.45, 7) is 4.29. The Balaban J connectivity index is 3.31. The molecule has 0 fully saturated rings. The van der Waals surface area contributed by atoms with Crippen LogP contribution in [0.4, 0.5) is 0 Å². The van der Waals surface area contributed by atoms with Crippen LogP contribution in [0.2, 0.25) is 0 Å². The molecule has 0 aliphatic heterocycles. The summed E-state index contributed by atoms with van der Waals surface area (Å²) >= 11 is 0. The van der Waals surface area contributed by atoms with Crippen molar-refractivity contribution in [1.29, 1.82) is 0 Å². The van der Waals surface area contributed by atoms with Crippen LogP contribution in [0.15, 0.2) is 0 Å². The molecule has 0 heterocycles. The van der Waals surface area contributed by atoms with Crippen molar-refractivity contribution in [3.8, 4) is 0 Å². The van der Waals surface area contributed by atoms with E-state index < -0.39 is 10.4 Å². The molecule has 0 radical (unpaired) electrons. The maximum absolute atomic E-state index is 10.5. The smallest absolute Gasteiger partial charge is 0.328 e. The number of rotatable bonds is 22. The number of unbranched alkanes of at least 4 members (excludes halogenated alkanes) is 15. The standard InChI is InChI=1S/C23H49NO4S/c1-4-5-6-7-8-9-10-11-12-13-14-15-16-17-18-19-21-24(2,3)22-20-23-28-29(25,26)27/h4-23H2,1-3H3/p+1. The minimum Gasteiger partial charge on any atom is -0.328 e. The molecule has 0 saturated carbocycles.